The highest BCUT2D eigenvalue weighted by Crippen LogP contribution is 2.56. The van der Waals surface area contributed by atoms with Crippen LogP contribution in [-0.4, -0.2) is 37.9 Å². The third-order valence-electron chi connectivity index (χ3n) is 5.60. The highest BCUT2D eigenvalue weighted by Gasteiger charge is 2.36. The Morgan fingerprint density at radius 2 is 1.62 bits per heavy atom. The number of azo groups is 1. The molecular formula is C21H15N5O7S. The van der Waals surface area contributed by atoms with Crippen molar-refractivity contribution >= 4 is 38.0 Å². The number of phenolic OH excluding ortho intramolecular Hbond substituents is 1. The van der Waals surface area contributed by atoms with Crippen LogP contribution in [-0.2, 0) is 10.1 Å². The molecule has 3 aromatic carbocycles. The molecule has 0 saturated heterocycles. The van der Waals surface area contributed by atoms with Gasteiger partial charge in [-0.05, 0) is 32.0 Å². The number of nitro groups is 1. The second-order valence-electron chi connectivity index (χ2n) is 7.72. The molecule has 1 aromatic heterocycles. The highest BCUT2D eigenvalue weighted by atomic mass is 32.2. The maximum Gasteiger partial charge on any atom is 0.297 e. The summed E-state index contributed by atoms with van der Waals surface area (Å²) in [6.07, 6.45) is 0. The SMILES string of the molecule is Cc1ccc(-n2nc(C)c(-c3c([N+](=O)[O-])ccc4c5c(O)c(c(S(=O)(=O)O)c34)N=N5)c2O)cc1. The topological polar surface area (TPSA) is 181 Å². The van der Waals surface area contributed by atoms with Gasteiger partial charge in [0.05, 0.1) is 27.4 Å². The molecule has 1 aliphatic rings. The van der Waals surface area contributed by atoms with Crippen LogP contribution < -0.4 is 0 Å². The Kier molecular flexibility index (Phi) is 4.47. The second-order valence-corrected chi connectivity index (χ2v) is 9.08. The minimum atomic E-state index is -5.06. The van der Waals surface area contributed by atoms with Gasteiger partial charge < -0.3 is 10.2 Å². The van der Waals surface area contributed by atoms with Crippen LogP contribution in [0.25, 0.3) is 27.6 Å². The van der Waals surface area contributed by atoms with E-state index >= 15 is 0 Å². The van der Waals surface area contributed by atoms with Crippen LogP contribution in [0, 0.1) is 24.0 Å². The summed E-state index contributed by atoms with van der Waals surface area (Å²) >= 11 is 0. The van der Waals surface area contributed by atoms with E-state index in [-0.39, 0.29) is 33.3 Å². The molecule has 4 aromatic rings. The molecule has 0 radical (unpaired) electrons. The number of benzene rings is 3. The fourth-order valence-electron chi connectivity index (χ4n) is 4.11. The average molecular weight is 481 g/mol. The van der Waals surface area contributed by atoms with Crippen LogP contribution in [0.15, 0.2) is 51.5 Å². The summed E-state index contributed by atoms with van der Waals surface area (Å²) in [5.41, 5.74) is -0.0655. The van der Waals surface area contributed by atoms with Gasteiger partial charge in [-0.15, -0.1) is 10.2 Å². The normalized spacial score (nSPS) is 12.6. The lowest BCUT2D eigenvalue weighted by molar-refractivity contribution is -0.384. The van der Waals surface area contributed by atoms with Gasteiger partial charge in [0.15, 0.2) is 11.4 Å². The van der Waals surface area contributed by atoms with E-state index in [0.717, 1.165) is 16.3 Å². The third-order valence-corrected chi connectivity index (χ3v) is 6.51. The molecule has 2 heterocycles. The first-order chi connectivity index (χ1) is 16.0. The third kappa shape index (κ3) is 2.94. The van der Waals surface area contributed by atoms with Gasteiger partial charge in [0.25, 0.3) is 15.8 Å². The summed E-state index contributed by atoms with van der Waals surface area (Å²) in [7, 11) is -5.06. The molecule has 0 amide bonds. The monoisotopic (exact) mass is 481 g/mol. The molecule has 5 rings (SSSR count). The van der Waals surface area contributed by atoms with Crippen molar-refractivity contribution in [3.63, 3.8) is 0 Å². The lowest BCUT2D eigenvalue weighted by atomic mass is 9.95. The van der Waals surface area contributed by atoms with Gasteiger partial charge in [0, 0.05) is 16.8 Å². The Bertz CT molecular complexity index is 1690. The summed E-state index contributed by atoms with van der Waals surface area (Å²) in [4.78, 5) is 10.4. The molecular weight excluding hydrogens is 466 g/mol. The molecule has 12 nitrogen and oxygen atoms in total. The lowest BCUT2D eigenvalue weighted by Gasteiger charge is -2.13. The summed E-state index contributed by atoms with van der Waals surface area (Å²) < 4.78 is 35.9. The Balaban J connectivity index is 1.97. The van der Waals surface area contributed by atoms with E-state index in [9.17, 15) is 33.3 Å². The molecule has 0 atom stereocenters. The largest absolute Gasteiger partial charge is 0.504 e. The minimum Gasteiger partial charge on any atom is -0.504 e. The zero-order valence-corrected chi connectivity index (χ0v) is 18.4. The summed E-state index contributed by atoms with van der Waals surface area (Å²) in [6.45, 7) is 3.37. The first-order valence-electron chi connectivity index (χ1n) is 9.76. The number of nitro benzene ring substituents is 1. The van der Waals surface area contributed by atoms with E-state index < -0.39 is 42.9 Å². The predicted molar refractivity (Wildman–Crippen MR) is 120 cm³/mol. The Hall–Kier alpha value is -4.36. The van der Waals surface area contributed by atoms with E-state index in [1.54, 1.807) is 24.3 Å². The number of phenols is 1. The molecule has 3 N–H and O–H groups in total. The highest BCUT2D eigenvalue weighted by molar-refractivity contribution is 7.86. The molecule has 0 fully saturated rings. The average Bonchev–Trinajstić information content (AvgIpc) is 3.19. The molecule has 0 unspecified atom stereocenters. The Labute approximate surface area is 191 Å². The number of aromatic nitrogens is 2. The molecule has 0 saturated carbocycles. The van der Waals surface area contributed by atoms with Crippen LogP contribution in [0.4, 0.5) is 17.1 Å². The first-order valence-corrected chi connectivity index (χ1v) is 11.2. The van der Waals surface area contributed by atoms with Crippen molar-refractivity contribution in [1.29, 1.82) is 0 Å². The number of hydrogen-bond acceptors (Lipinski definition) is 9. The van der Waals surface area contributed by atoms with Gasteiger partial charge in [-0.3, -0.25) is 14.7 Å². The van der Waals surface area contributed by atoms with Crippen molar-refractivity contribution in [2.45, 2.75) is 18.7 Å². The Morgan fingerprint density at radius 1 is 0.971 bits per heavy atom. The molecule has 1 aliphatic heterocycles. The Morgan fingerprint density at radius 3 is 2.24 bits per heavy atom. The summed E-state index contributed by atoms with van der Waals surface area (Å²) in [6, 6.07) is 9.24. The van der Waals surface area contributed by atoms with Crippen LogP contribution in [0.1, 0.15) is 11.3 Å². The van der Waals surface area contributed by atoms with Crippen LogP contribution in [0.3, 0.4) is 0 Å². The van der Waals surface area contributed by atoms with Crippen LogP contribution in [0.5, 0.6) is 11.6 Å². The minimum absolute atomic E-state index is 0.0161. The van der Waals surface area contributed by atoms with E-state index in [1.165, 1.54) is 13.0 Å². The van der Waals surface area contributed by atoms with Crippen molar-refractivity contribution in [2.75, 3.05) is 0 Å². The van der Waals surface area contributed by atoms with Gasteiger partial charge in [-0.1, -0.05) is 17.7 Å². The summed E-state index contributed by atoms with van der Waals surface area (Å²) in [5.74, 6) is -1.07. The molecule has 34 heavy (non-hydrogen) atoms. The maximum atomic E-state index is 12.4. The molecule has 172 valence electrons. The van der Waals surface area contributed by atoms with Gasteiger partial charge in [0.2, 0.25) is 5.88 Å². The predicted octanol–water partition coefficient (Wildman–Crippen LogP) is 4.60. The number of nitrogens with zero attached hydrogens (tertiary/aromatic N) is 5. The maximum absolute atomic E-state index is 12.4. The van der Waals surface area contributed by atoms with E-state index in [2.05, 4.69) is 15.3 Å². The van der Waals surface area contributed by atoms with Crippen molar-refractivity contribution in [2.24, 2.45) is 10.2 Å². The van der Waals surface area contributed by atoms with Crippen molar-refractivity contribution in [1.82, 2.24) is 9.78 Å². The zero-order chi connectivity index (χ0) is 24.5. The van der Waals surface area contributed by atoms with Gasteiger partial charge in [-0.25, -0.2) is 4.68 Å². The van der Waals surface area contributed by atoms with E-state index in [1.807, 2.05) is 6.92 Å². The number of aryl methyl sites for hydroxylation is 2. The zero-order valence-electron chi connectivity index (χ0n) is 17.6. The van der Waals surface area contributed by atoms with Crippen molar-refractivity contribution < 1.29 is 28.1 Å². The van der Waals surface area contributed by atoms with Crippen LogP contribution >= 0.6 is 0 Å². The van der Waals surface area contributed by atoms with Gasteiger partial charge in [-0.2, -0.15) is 13.5 Å². The molecule has 0 spiro atoms. The molecule has 0 aliphatic carbocycles. The van der Waals surface area contributed by atoms with Crippen molar-refractivity contribution in [3.8, 4) is 28.4 Å². The van der Waals surface area contributed by atoms with Crippen molar-refractivity contribution in [3.05, 3.63) is 57.8 Å². The molecule has 2 bridgehead atoms. The number of aromatic hydroxyl groups is 2. The van der Waals surface area contributed by atoms with E-state index in [0.29, 0.717) is 5.69 Å². The number of fused-ring (bicyclic) bond motifs is 4. The second kappa shape index (κ2) is 7.07. The lowest BCUT2D eigenvalue weighted by Crippen LogP contribution is -2.02. The molecule has 13 heteroatoms. The number of rotatable bonds is 4. The fraction of sp³-hybridized carbons (Fsp3) is 0.0952. The smallest absolute Gasteiger partial charge is 0.297 e. The van der Waals surface area contributed by atoms with E-state index in [4.69, 9.17) is 0 Å². The quantitative estimate of drug-likeness (QED) is 0.189. The first kappa shape index (κ1) is 21.5. The fourth-order valence-corrected chi connectivity index (χ4v) is 4.97. The standard InChI is InChI=1S/C21H15N5O7S/c1-9-3-5-11(6-4-9)25-21(28)14(10(2)24-25)16-13(26(29)30)8-7-12-15(16)20(34(31,32)33)18-19(27)17(12)22-23-18/h3-8,27-28H,1-2H3,(H,31,32,33). The summed E-state index contributed by atoms with van der Waals surface area (Å²) in [5, 5.41) is 44.9. The van der Waals surface area contributed by atoms with Crippen LogP contribution in [0.2, 0.25) is 0 Å². The van der Waals surface area contributed by atoms with Gasteiger partial charge in [0.1, 0.15) is 10.6 Å². The van der Waals surface area contributed by atoms with Gasteiger partial charge >= 0.3 is 0 Å². The number of hydrogen-bond donors (Lipinski definition) is 3.